The van der Waals surface area contributed by atoms with Gasteiger partial charge in [-0.05, 0) is 12.1 Å². The second kappa shape index (κ2) is 15.0. The van der Waals surface area contributed by atoms with Crippen LogP contribution in [-0.4, -0.2) is 74.2 Å². The number of aliphatic hydroxyl groups is 2. The van der Waals surface area contributed by atoms with Crippen LogP contribution >= 0.6 is 0 Å². The topological polar surface area (TPSA) is 112 Å². The molecule has 3 atom stereocenters. The van der Waals surface area contributed by atoms with Crippen molar-refractivity contribution in [2.45, 2.75) is 44.3 Å². The average Bonchev–Trinajstić information content (AvgIpc) is 2.93. The zero-order valence-electron chi connectivity index (χ0n) is 21.4. The Balaban J connectivity index is 2.04. The summed E-state index contributed by atoms with van der Waals surface area (Å²) < 4.78 is 21.2. The van der Waals surface area contributed by atoms with Gasteiger partial charge in [-0.1, -0.05) is 32.1 Å². The van der Waals surface area contributed by atoms with E-state index in [0.717, 1.165) is 36.0 Å². The molecular formula is C28H35BO8. The molecule has 2 N–H and O–H groups in total. The minimum absolute atomic E-state index is 0.0125. The summed E-state index contributed by atoms with van der Waals surface area (Å²) >= 11 is 0. The molecule has 198 valence electrons. The summed E-state index contributed by atoms with van der Waals surface area (Å²) in [6, 6.07) is 15.4. The Labute approximate surface area is 218 Å². The molecule has 2 aromatic rings. The number of aliphatic hydroxyl groups excluding tert-OH is 2. The van der Waals surface area contributed by atoms with Crippen LogP contribution in [0.1, 0.15) is 37.8 Å². The van der Waals surface area contributed by atoms with Gasteiger partial charge in [0.1, 0.15) is 25.1 Å². The van der Waals surface area contributed by atoms with Crippen LogP contribution in [0.3, 0.4) is 0 Å². The van der Waals surface area contributed by atoms with Crippen LogP contribution in [0.15, 0.2) is 61.2 Å². The minimum atomic E-state index is -0.948. The van der Waals surface area contributed by atoms with Crippen LogP contribution in [0.2, 0.25) is 0 Å². The summed E-state index contributed by atoms with van der Waals surface area (Å²) in [6.07, 6.45) is 1.19. The molecule has 0 fully saturated rings. The van der Waals surface area contributed by atoms with Crippen molar-refractivity contribution in [3.05, 3.63) is 72.3 Å². The number of ether oxygens (including phenoxy) is 4. The molecule has 37 heavy (non-hydrogen) atoms. The molecule has 0 radical (unpaired) electrons. The SMILES string of the molecule is B=CC(=O)OC(CO)COc1ccc(C(C)(CCC)c2ccc(OCC(O)COC(=O)C=C)cc2)cc1. The number of rotatable bonds is 16. The van der Waals surface area contributed by atoms with Gasteiger partial charge in [-0.2, -0.15) is 0 Å². The molecule has 0 aliphatic heterocycles. The molecule has 9 heteroatoms. The predicted molar refractivity (Wildman–Crippen MR) is 143 cm³/mol. The molecule has 0 aliphatic rings. The monoisotopic (exact) mass is 510 g/mol. The maximum atomic E-state index is 11.3. The van der Waals surface area contributed by atoms with E-state index >= 15 is 0 Å². The molecule has 0 spiro atoms. The standard InChI is InChI=1S/C28H35BO8/c1-4-14-28(3,20-6-10-23(11-7-20)34-17-22(31)18-36-26(32)5-2)21-8-12-24(13-9-21)35-19-25(16-30)37-27(33)15-29/h5-13,15,22,25,29-31H,2,4,14,16-19H2,1,3H3. The van der Waals surface area contributed by atoms with Crippen molar-refractivity contribution in [3.63, 3.8) is 0 Å². The van der Waals surface area contributed by atoms with E-state index in [2.05, 4.69) is 27.9 Å². The normalized spacial score (nSPS) is 13.9. The van der Waals surface area contributed by atoms with E-state index in [-0.39, 0.29) is 31.8 Å². The number of carbonyl (C=O) groups is 2. The second-order valence-corrected chi connectivity index (χ2v) is 8.69. The van der Waals surface area contributed by atoms with Crippen molar-refractivity contribution in [2.75, 3.05) is 26.4 Å². The van der Waals surface area contributed by atoms with Crippen molar-refractivity contribution >= 4 is 25.4 Å². The fourth-order valence-corrected chi connectivity index (χ4v) is 3.80. The third-order valence-electron chi connectivity index (χ3n) is 5.85. The van der Waals surface area contributed by atoms with Crippen LogP contribution in [0, 0.1) is 0 Å². The van der Waals surface area contributed by atoms with Gasteiger partial charge in [-0.15, -0.1) is 0 Å². The van der Waals surface area contributed by atoms with E-state index in [9.17, 15) is 19.8 Å². The Morgan fingerprint density at radius 1 is 0.973 bits per heavy atom. The summed E-state index contributed by atoms with van der Waals surface area (Å²) in [6.45, 7) is 7.11. The summed E-state index contributed by atoms with van der Waals surface area (Å²) in [4.78, 5) is 22.4. The molecule has 3 unspecified atom stereocenters. The Kier molecular flexibility index (Phi) is 12.1. The number of hydrogen-bond donors (Lipinski definition) is 2. The van der Waals surface area contributed by atoms with E-state index in [1.807, 2.05) is 48.5 Å². The van der Waals surface area contributed by atoms with Gasteiger partial charge in [0.15, 0.2) is 0 Å². The molecule has 0 heterocycles. The quantitative estimate of drug-likeness (QED) is 0.201. The zero-order chi connectivity index (χ0) is 27.3. The Morgan fingerprint density at radius 2 is 1.51 bits per heavy atom. The van der Waals surface area contributed by atoms with Gasteiger partial charge in [-0.3, -0.25) is 0 Å². The molecule has 0 saturated heterocycles. The van der Waals surface area contributed by atoms with Crippen LogP contribution in [0.25, 0.3) is 0 Å². The van der Waals surface area contributed by atoms with Gasteiger partial charge in [0.25, 0.3) is 0 Å². The van der Waals surface area contributed by atoms with Crippen molar-refractivity contribution in [2.24, 2.45) is 0 Å². The van der Waals surface area contributed by atoms with Crippen molar-refractivity contribution in [1.29, 1.82) is 0 Å². The molecule has 2 aromatic carbocycles. The van der Waals surface area contributed by atoms with Gasteiger partial charge in [0.2, 0.25) is 0 Å². The molecule has 0 bridgehead atoms. The molecule has 0 aliphatic carbocycles. The average molecular weight is 510 g/mol. The first-order chi connectivity index (χ1) is 17.7. The molecular weight excluding hydrogens is 475 g/mol. The fraction of sp³-hybridized carbons (Fsp3) is 0.393. The second-order valence-electron chi connectivity index (χ2n) is 8.69. The summed E-state index contributed by atoms with van der Waals surface area (Å²) in [5.74, 6) is 1.02. The first-order valence-electron chi connectivity index (χ1n) is 12.1. The van der Waals surface area contributed by atoms with Crippen LogP contribution < -0.4 is 9.47 Å². The molecule has 8 nitrogen and oxygen atoms in total. The van der Waals surface area contributed by atoms with Gasteiger partial charge in [-0.25, -0.2) is 4.79 Å². The van der Waals surface area contributed by atoms with E-state index in [1.54, 1.807) is 0 Å². The van der Waals surface area contributed by atoms with Gasteiger partial charge in [0, 0.05) is 6.08 Å². The molecule has 0 saturated carbocycles. The van der Waals surface area contributed by atoms with E-state index in [4.69, 9.17) is 18.9 Å². The summed E-state index contributed by atoms with van der Waals surface area (Å²) in [5, 5.41) is 19.3. The Bertz CT molecular complexity index is 1020. The number of carbonyl (C=O) groups excluding carboxylic acids is 2. The summed E-state index contributed by atoms with van der Waals surface area (Å²) in [7, 11) is 3.34. The third-order valence-corrected chi connectivity index (χ3v) is 5.85. The molecule has 0 aromatic heterocycles. The van der Waals surface area contributed by atoms with Crippen LogP contribution in [0.4, 0.5) is 0 Å². The number of hydrogen-bond acceptors (Lipinski definition) is 8. The number of esters is 2. The van der Waals surface area contributed by atoms with Crippen molar-refractivity contribution < 1.29 is 38.7 Å². The van der Waals surface area contributed by atoms with Gasteiger partial charge < -0.3 is 14.6 Å². The first-order valence-corrected chi connectivity index (χ1v) is 12.1. The first kappa shape index (κ1) is 29.8. The molecule has 0 amide bonds. The maximum absolute atomic E-state index is 11.3. The fourth-order valence-electron chi connectivity index (χ4n) is 3.80. The summed E-state index contributed by atoms with van der Waals surface area (Å²) in [5.41, 5.74) is 1.94. The third kappa shape index (κ3) is 9.19. The number of benzene rings is 2. The van der Waals surface area contributed by atoms with Crippen LogP contribution in [0.5, 0.6) is 11.5 Å². The van der Waals surface area contributed by atoms with E-state index < -0.39 is 24.1 Å². The predicted octanol–water partition coefficient (Wildman–Crippen LogP) is 2.25. The Hall–Kier alpha value is -3.43. The van der Waals surface area contributed by atoms with Gasteiger partial charge in [0.05, 0.1) is 0 Å². The van der Waals surface area contributed by atoms with Crippen LogP contribution in [-0.2, 0) is 24.5 Å². The van der Waals surface area contributed by atoms with E-state index in [0.29, 0.717) is 11.5 Å². The van der Waals surface area contributed by atoms with Crippen molar-refractivity contribution in [3.8, 4) is 11.5 Å². The Morgan fingerprint density at radius 3 is 1.97 bits per heavy atom. The zero-order valence-corrected chi connectivity index (χ0v) is 21.4. The van der Waals surface area contributed by atoms with E-state index in [1.165, 1.54) is 0 Å². The van der Waals surface area contributed by atoms with Gasteiger partial charge >= 0.3 is 124 Å². The van der Waals surface area contributed by atoms with Crippen molar-refractivity contribution in [1.82, 2.24) is 0 Å². The molecule has 2 rings (SSSR count).